The van der Waals surface area contributed by atoms with Crippen LogP contribution in [0.25, 0.3) is 0 Å². The lowest BCUT2D eigenvalue weighted by Crippen LogP contribution is -2.54. The fourth-order valence-electron chi connectivity index (χ4n) is 3.87. The first-order valence-electron chi connectivity index (χ1n) is 12.5. The molecule has 0 heterocycles. The second-order valence-electron chi connectivity index (χ2n) is 10.2. The van der Waals surface area contributed by atoms with Gasteiger partial charge in [0.1, 0.15) is 24.2 Å². The number of sulfonamides is 1. The standard InChI is InChI=1S/C29H33ClFN3O5S/c1-20(28(36)32-29(2,3)4)33(18-21-11-14-23(39-5)15-12-21)27(35)19-34(22-13-16-26(31)25(30)17-22)40(37,38)24-9-7-6-8-10-24/h6-17,20H,18-19H2,1-5H3,(H,32,36)/t20-/m0/s1. The molecule has 3 aromatic carbocycles. The third-order valence-electron chi connectivity index (χ3n) is 5.98. The van der Waals surface area contributed by atoms with Crippen LogP contribution in [0.4, 0.5) is 10.1 Å². The van der Waals surface area contributed by atoms with Crippen molar-refractivity contribution in [2.75, 3.05) is 18.0 Å². The average molecular weight is 590 g/mol. The Morgan fingerprint density at radius 1 is 1.02 bits per heavy atom. The molecule has 2 amide bonds. The SMILES string of the molecule is COc1ccc(CN(C(=O)CN(c2ccc(F)c(Cl)c2)S(=O)(=O)c2ccccc2)[C@@H](C)C(=O)NC(C)(C)C)cc1. The topological polar surface area (TPSA) is 96.0 Å². The maximum Gasteiger partial charge on any atom is 0.264 e. The molecule has 0 aliphatic carbocycles. The van der Waals surface area contributed by atoms with Gasteiger partial charge in [-0.2, -0.15) is 0 Å². The Morgan fingerprint density at radius 3 is 2.20 bits per heavy atom. The number of ether oxygens (including phenoxy) is 1. The van der Waals surface area contributed by atoms with Crippen molar-refractivity contribution in [3.63, 3.8) is 0 Å². The van der Waals surface area contributed by atoms with Gasteiger partial charge in [-0.25, -0.2) is 12.8 Å². The highest BCUT2D eigenvalue weighted by molar-refractivity contribution is 7.92. The molecule has 0 bridgehead atoms. The molecule has 11 heteroatoms. The number of anilines is 1. The van der Waals surface area contributed by atoms with E-state index in [0.717, 1.165) is 16.4 Å². The van der Waals surface area contributed by atoms with Gasteiger partial charge in [0.2, 0.25) is 11.8 Å². The number of nitrogens with one attached hydrogen (secondary N) is 1. The summed E-state index contributed by atoms with van der Waals surface area (Å²) in [4.78, 5) is 28.3. The Balaban J connectivity index is 2.04. The van der Waals surface area contributed by atoms with Crippen molar-refractivity contribution < 1.29 is 27.1 Å². The molecule has 0 saturated carbocycles. The van der Waals surface area contributed by atoms with Crippen molar-refractivity contribution in [2.45, 2.75) is 50.7 Å². The fraction of sp³-hybridized carbons (Fsp3) is 0.310. The van der Waals surface area contributed by atoms with Gasteiger partial charge in [0.25, 0.3) is 10.0 Å². The zero-order valence-electron chi connectivity index (χ0n) is 23.0. The largest absolute Gasteiger partial charge is 0.497 e. The first-order chi connectivity index (χ1) is 18.7. The fourth-order valence-corrected chi connectivity index (χ4v) is 5.47. The van der Waals surface area contributed by atoms with Crippen molar-refractivity contribution in [2.24, 2.45) is 0 Å². The molecule has 1 atom stereocenters. The lowest BCUT2D eigenvalue weighted by molar-refractivity contribution is -0.140. The van der Waals surface area contributed by atoms with Crippen LogP contribution in [0.15, 0.2) is 77.7 Å². The van der Waals surface area contributed by atoms with E-state index < -0.39 is 45.8 Å². The maximum absolute atomic E-state index is 14.0. The number of amides is 2. The van der Waals surface area contributed by atoms with E-state index in [-0.39, 0.29) is 22.2 Å². The molecular formula is C29H33ClFN3O5S. The van der Waals surface area contributed by atoms with Crippen molar-refractivity contribution in [1.82, 2.24) is 10.2 Å². The molecule has 0 unspecified atom stereocenters. The third kappa shape index (κ3) is 7.73. The Bertz CT molecular complexity index is 1440. The van der Waals surface area contributed by atoms with Gasteiger partial charge in [0.05, 0.1) is 22.7 Å². The molecule has 3 rings (SSSR count). The van der Waals surface area contributed by atoms with E-state index in [4.69, 9.17) is 16.3 Å². The van der Waals surface area contributed by atoms with Crippen LogP contribution in [-0.4, -0.2) is 50.4 Å². The first kappa shape index (κ1) is 30.9. The molecule has 0 spiro atoms. The maximum atomic E-state index is 14.0. The molecule has 0 aliphatic heterocycles. The van der Waals surface area contributed by atoms with Gasteiger partial charge >= 0.3 is 0 Å². The second kappa shape index (κ2) is 12.7. The minimum Gasteiger partial charge on any atom is -0.497 e. The summed E-state index contributed by atoms with van der Waals surface area (Å²) in [7, 11) is -2.75. The number of rotatable bonds is 10. The van der Waals surface area contributed by atoms with E-state index in [1.54, 1.807) is 49.4 Å². The lowest BCUT2D eigenvalue weighted by atomic mass is 10.1. The van der Waals surface area contributed by atoms with Crippen LogP contribution >= 0.6 is 11.6 Å². The van der Waals surface area contributed by atoms with E-state index >= 15 is 0 Å². The molecule has 40 heavy (non-hydrogen) atoms. The van der Waals surface area contributed by atoms with Crippen molar-refractivity contribution in [3.8, 4) is 5.75 Å². The summed E-state index contributed by atoms with van der Waals surface area (Å²) in [5.74, 6) is -1.17. The summed E-state index contributed by atoms with van der Waals surface area (Å²) in [6.07, 6.45) is 0. The van der Waals surface area contributed by atoms with Crippen LogP contribution < -0.4 is 14.4 Å². The molecule has 3 aromatic rings. The number of benzene rings is 3. The van der Waals surface area contributed by atoms with Gasteiger partial charge in [-0.1, -0.05) is 41.9 Å². The van der Waals surface area contributed by atoms with Gasteiger partial charge in [-0.15, -0.1) is 0 Å². The molecule has 0 radical (unpaired) electrons. The molecule has 0 fully saturated rings. The summed E-state index contributed by atoms with van der Waals surface area (Å²) in [5, 5.41) is 2.57. The molecule has 0 aromatic heterocycles. The second-order valence-corrected chi connectivity index (χ2v) is 12.5. The van der Waals surface area contributed by atoms with Gasteiger partial charge in [0, 0.05) is 12.1 Å². The first-order valence-corrected chi connectivity index (χ1v) is 14.3. The van der Waals surface area contributed by atoms with E-state index in [1.165, 1.54) is 30.2 Å². The molecule has 0 saturated heterocycles. The number of methoxy groups -OCH3 is 1. The number of halogens is 2. The van der Waals surface area contributed by atoms with Gasteiger partial charge < -0.3 is 15.0 Å². The highest BCUT2D eigenvalue weighted by Gasteiger charge is 2.33. The monoisotopic (exact) mass is 589 g/mol. The Hall–Kier alpha value is -3.63. The zero-order chi connectivity index (χ0) is 29.7. The van der Waals surface area contributed by atoms with Crippen molar-refractivity contribution >= 4 is 39.1 Å². The molecule has 214 valence electrons. The van der Waals surface area contributed by atoms with E-state index in [1.807, 2.05) is 20.8 Å². The minimum absolute atomic E-state index is 0.000188. The predicted molar refractivity (Wildman–Crippen MR) is 153 cm³/mol. The zero-order valence-corrected chi connectivity index (χ0v) is 24.6. The molecule has 8 nitrogen and oxygen atoms in total. The van der Waals surface area contributed by atoms with Crippen molar-refractivity contribution in [1.29, 1.82) is 0 Å². The van der Waals surface area contributed by atoms with Crippen molar-refractivity contribution in [3.05, 3.63) is 89.2 Å². The summed E-state index contributed by atoms with van der Waals surface area (Å²) >= 11 is 5.98. The lowest BCUT2D eigenvalue weighted by Gasteiger charge is -2.33. The summed E-state index contributed by atoms with van der Waals surface area (Å²) < 4.78 is 47.5. The van der Waals surface area contributed by atoms with Crippen LogP contribution in [0.5, 0.6) is 5.75 Å². The van der Waals surface area contributed by atoms with Gasteiger partial charge in [-0.05, 0) is 75.7 Å². The van der Waals surface area contributed by atoms with Crippen LogP contribution in [0.1, 0.15) is 33.3 Å². The van der Waals surface area contributed by atoms with Crippen LogP contribution in [0.3, 0.4) is 0 Å². The quantitative estimate of drug-likeness (QED) is 0.358. The normalized spacial score (nSPS) is 12.4. The number of carbonyl (C=O) groups is 2. The van der Waals surface area contributed by atoms with E-state index in [2.05, 4.69) is 5.32 Å². The van der Waals surface area contributed by atoms with E-state index in [9.17, 15) is 22.4 Å². The Morgan fingerprint density at radius 2 is 1.65 bits per heavy atom. The minimum atomic E-state index is -4.28. The number of nitrogens with zero attached hydrogens (tertiary/aromatic N) is 2. The predicted octanol–water partition coefficient (Wildman–Crippen LogP) is 5.02. The average Bonchev–Trinajstić information content (AvgIpc) is 2.91. The summed E-state index contributed by atoms with van der Waals surface area (Å²) in [5.41, 5.74) is 0.139. The summed E-state index contributed by atoms with van der Waals surface area (Å²) in [6.45, 7) is 6.39. The smallest absolute Gasteiger partial charge is 0.264 e. The number of carbonyl (C=O) groups excluding carboxylic acids is 2. The van der Waals surface area contributed by atoms with Gasteiger partial charge in [0.15, 0.2) is 0 Å². The third-order valence-corrected chi connectivity index (χ3v) is 8.06. The highest BCUT2D eigenvalue weighted by Crippen LogP contribution is 2.28. The number of hydrogen-bond acceptors (Lipinski definition) is 5. The summed E-state index contributed by atoms with van der Waals surface area (Å²) in [6, 6.07) is 17.0. The Labute approximate surface area is 239 Å². The van der Waals surface area contributed by atoms with Crippen LogP contribution in [0, 0.1) is 5.82 Å². The number of hydrogen-bond donors (Lipinski definition) is 1. The Kier molecular flexibility index (Phi) is 9.81. The van der Waals surface area contributed by atoms with E-state index in [0.29, 0.717) is 11.3 Å². The molecular weight excluding hydrogens is 557 g/mol. The molecule has 1 N–H and O–H groups in total. The molecule has 0 aliphatic rings. The van der Waals surface area contributed by atoms with Crippen LogP contribution in [-0.2, 0) is 26.2 Å². The van der Waals surface area contributed by atoms with Gasteiger partial charge in [-0.3, -0.25) is 13.9 Å². The van der Waals surface area contributed by atoms with Crippen LogP contribution in [0.2, 0.25) is 5.02 Å². The highest BCUT2D eigenvalue weighted by atomic mass is 35.5.